The minimum atomic E-state index is -0.218. The van der Waals surface area contributed by atoms with Crippen molar-refractivity contribution >= 4 is 17.3 Å². The van der Waals surface area contributed by atoms with Crippen molar-refractivity contribution in [3.05, 3.63) is 48.3 Å². The highest BCUT2D eigenvalue weighted by Crippen LogP contribution is 2.22. The summed E-state index contributed by atoms with van der Waals surface area (Å²) in [4.78, 5) is 16.6. The van der Waals surface area contributed by atoms with Crippen LogP contribution in [0, 0.1) is 0 Å². The molecule has 0 radical (unpaired) electrons. The van der Waals surface area contributed by atoms with Gasteiger partial charge in [-0.15, -0.1) is 0 Å². The van der Waals surface area contributed by atoms with Gasteiger partial charge in [0.1, 0.15) is 11.4 Å². The number of ether oxygens (including phenoxy) is 1. The number of anilines is 2. The molecule has 3 rings (SSSR count). The average Bonchev–Trinajstić information content (AvgIpc) is 3.10. The van der Waals surface area contributed by atoms with Gasteiger partial charge in [-0.1, -0.05) is 12.8 Å². The normalized spacial score (nSPS) is 14.5. The zero-order chi connectivity index (χ0) is 17.6. The van der Waals surface area contributed by atoms with Gasteiger partial charge >= 0.3 is 0 Å². The van der Waals surface area contributed by atoms with Crippen molar-refractivity contribution in [3.8, 4) is 5.75 Å². The predicted octanol–water partition coefficient (Wildman–Crippen LogP) is 4.48. The molecule has 0 saturated heterocycles. The molecular weight excluding hydrogens is 314 g/mol. The van der Waals surface area contributed by atoms with Crippen LogP contribution in [0.5, 0.6) is 5.75 Å². The first kappa shape index (κ1) is 17.3. The third kappa shape index (κ3) is 4.95. The maximum absolute atomic E-state index is 12.3. The van der Waals surface area contributed by atoms with E-state index in [9.17, 15) is 4.79 Å². The maximum atomic E-state index is 12.3. The summed E-state index contributed by atoms with van der Waals surface area (Å²) in [6.07, 6.45) is 6.84. The zero-order valence-corrected chi connectivity index (χ0v) is 14.8. The van der Waals surface area contributed by atoms with Gasteiger partial charge in [0.05, 0.1) is 18.0 Å². The lowest BCUT2D eigenvalue weighted by Gasteiger charge is -2.13. The van der Waals surface area contributed by atoms with Crippen LogP contribution < -0.4 is 15.4 Å². The summed E-state index contributed by atoms with van der Waals surface area (Å²) in [6.45, 7) is 3.96. The van der Waals surface area contributed by atoms with Crippen molar-refractivity contribution in [1.29, 1.82) is 0 Å². The summed E-state index contributed by atoms with van der Waals surface area (Å²) in [5.41, 5.74) is 2.09. The average molecular weight is 339 g/mol. The number of carbonyl (C=O) groups is 1. The molecule has 1 aliphatic carbocycles. The van der Waals surface area contributed by atoms with Crippen LogP contribution in [-0.4, -0.2) is 23.0 Å². The van der Waals surface area contributed by atoms with Gasteiger partial charge in [0, 0.05) is 11.7 Å². The fourth-order valence-electron chi connectivity index (χ4n) is 3.00. The second-order valence-electron chi connectivity index (χ2n) is 6.70. The molecule has 132 valence electrons. The molecule has 0 bridgehead atoms. The Balaban J connectivity index is 1.57. The van der Waals surface area contributed by atoms with E-state index in [-0.39, 0.29) is 12.0 Å². The maximum Gasteiger partial charge on any atom is 0.274 e. The summed E-state index contributed by atoms with van der Waals surface area (Å²) in [6, 6.07) is 11.5. The van der Waals surface area contributed by atoms with Crippen LogP contribution in [-0.2, 0) is 0 Å². The van der Waals surface area contributed by atoms with Crippen LogP contribution >= 0.6 is 0 Å². The van der Waals surface area contributed by atoms with Crippen molar-refractivity contribution in [3.63, 3.8) is 0 Å². The number of nitrogens with zero attached hydrogens (tertiary/aromatic N) is 1. The van der Waals surface area contributed by atoms with E-state index in [1.165, 1.54) is 25.7 Å². The molecule has 0 atom stereocenters. The molecular formula is C20H25N3O2. The molecule has 1 heterocycles. The summed E-state index contributed by atoms with van der Waals surface area (Å²) in [5.74, 6) is 0.568. The number of benzene rings is 1. The van der Waals surface area contributed by atoms with Crippen LogP contribution in [0.25, 0.3) is 0 Å². The number of nitrogens with one attached hydrogen (secondary N) is 2. The highest BCUT2D eigenvalue weighted by molar-refractivity contribution is 6.02. The summed E-state index contributed by atoms with van der Waals surface area (Å²) < 4.78 is 5.59. The van der Waals surface area contributed by atoms with Crippen LogP contribution in [0.15, 0.2) is 42.6 Å². The third-order valence-corrected chi connectivity index (χ3v) is 4.21. The van der Waals surface area contributed by atoms with E-state index in [0.29, 0.717) is 11.7 Å². The SMILES string of the molecule is CC(C)Oc1ccc(NC(=O)c2ccc(NC3CCCC3)cn2)cc1. The number of aromatic nitrogens is 1. The third-order valence-electron chi connectivity index (χ3n) is 4.21. The molecule has 1 aliphatic rings. The molecule has 0 aliphatic heterocycles. The molecule has 1 aromatic carbocycles. The highest BCUT2D eigenvalue weighted by Gasteiger charge is 2.15. The van der Waals surface area contributed by atoms with E-state index in [4.69, 9.17) is 4.74 Å². The van der Waals surface area contributed by atoms with Crippen molar-refractivity contribution in [2.45, 2.75) is 51.7 Å². The van der Waals surface area contributed by atoms with E-state index in [2.05, 4.69) is 15.6 Å². The largest absolute Gasteiger partial charge is 0.491 e. The van der Waals surface area contributed by atoms with Gasteiger partial charge in [0.2, 0.25) is 0 Å². The second kappa shape index (κ2) is 8.01. The molecule has 2 aromatic rings. The number of amides is 1. The van der Waals surface area contributed by atoms with E-state index in [1.54, 1.807) is 12.3 Å². The van der Waals surface area contributed by atoms with Gasteiger partial charge in [-0.25, -0.2) is 4.98 Å². The fourth-order valence-corrected chi connectivity index (χ4v) is 3.00. The molecule has 0 unspecified atom stereocenters. The lowest BCUT2D eigenvalue weighted by molar-refractivity contribution is 0.102. The molecule has 0 spiro atoms. The quantitative estimate of drug-likeness (QED) is 0.815. The topological polar surface area (TPSA) is 63.2 Å². The smallest absolute Gasteiger partial charge is 0.274 e. The number of pyridine rings is 1. The van der Waals surface area contributed by atoms with Crippen molar-refractivity contribution in [1.82, 2.24) is 4.98 Å². The summed E-state index contributed by atoms with van der Waals surface area (Å²) >= 11 is 0. The van der Waals surface area contributed by atoms with Gasteiger partial charge in [0.25, 0.3) is 5.91 Å². The van der Waals surface area contributed by atoms with E-state index >= 15 is 0 Å². The summed E-state index contributed by atoms with van der Waals surface area (Å²) in [7, 11) is 0. The Hall–Kier alpha value is -2.56. The Bertz CT molecular complexity index is 690. The van der Waals surface area contributed by atoms with Gasteiger partial charge in [0.15, 0.2) is 0 Å². The zero-order valence-electron chi connectivity index (χ0n) is 14.8. The Morgan fingerprint density at radius 3 is 2.36 bits per heavy atom. The van der Waals surface area contributed by atoms with E-state index in [0.717, 1.165) is 17.1 Å². The van der Waals surface area contributed by atoms with Crippen LogP contribution in [0.1, 0.15) is 50.0 Å². The molecule has 5 heteroatoms. The van der Waals surface area contributed by atoms with Crippen LogP contribution in [0.4, 0.5) is 11.4 Å². The van der Waals surface area contributed by atoms with Crippen molar-refractivity contribution in [2.75, 3.05) is 10.6 Å². The molecule has 25 heavy (non-hydrogen) atoms. The number of carbonyl (C=O) groups excluding carboxylic acids is 1. The summed E-state index contributed by atoms with van der Waals surface area (Å²) in [5, 5.41) is 6.32. The van der Waals surface area contributed by atoms with E-state index < -0.39 is 0 Å². The molecule has 1 fully saturated rings. The molecule has 1 aromatic heterocycles. The lowest BCUT2D eigenvalue weighted by Crippen LogP contribution is -2.16. The number of hydrogen-bond acceptors (Lipinski definition) is 4. The Morgan fingerprint density at radius 1 is 1.08 bits per heavy atom. The monoisotopic (exact) mass is 339 g/mol. The molecule has 1 saturated carbocycles. The molecule has 5 nitrogen and oxygen atoms in total. The molecule has 2 N–H and O–H groups in total. The highest BCUT2D eigenvalue weighted by atomic mass is 16.5. The van der Waals surface area contributed by atoms with Crippen LogP contribution in [0.3, 0.4) is 0 Å². The van der Waals surface area contributed by atoms with Gasteiger partial charge < -0.3 is 15.4 Å². The Labute approximate surface area is 148 Å². The predicted molar refractivity (Wildman–Crippen MR) is 100 cm³/mol. The fraction of sp³-hybridized carbons (Fsp3) is 0.400. The van der Waals surface area contributed by atoms with E-state index in [1.807, 2.05) is 44.2 Å². The Morgan fingerprint density at radius 2 is 1.76 bits per heavy atom. The second-order valence-corrected chi connectivity index (χ2v) is 6.70. The van der Waals surface area contributed by atoms with Crippen LogP contribution in [0.2, 0.25) is 0 Å². The minimum absolute atomic E-state index is 0.126. The van der Waals surface area contributed by atoms with Gasteiger partial charge in [-0.3, -0.25) is 4.79 Å². The number of hydrogen-bond donors (Lipinski definition) is 2. The van der Waals surface area contributed by atoms with Crippen molar-refractivity contribution in [2.24, 2.45) is 0 Å². The first-order chi connectivity index (χ1) is 12.1. The first-order valence-corrected chi connectivity index (χ1v) is 8.91. The van der Waals surface area contributed by atoms with Gasteiger partial charge in [-0.05, 0) is 63.1 Å². The Kier molecular flexibility index (Phi) is 5.53. The van der Waals surface area contributed by atoms with Gasteiger partial charge in [-0.2, -0.15) is 0 Å². The minimum Gasteiger partial charge on any atom is -0.491 e. The lowest BCUT2D eigenvalue weighted by atomic mass is 10.2. The standard InChI is InChI=1S/C20H25N3O2/c1-14(2)25-18-10-7-16(8-11-18)23-20(24)19-12-9-17(13-21-19)22-15-5-3-4-6-15/h7-15,22H,3-6H2,1-2H3,(H,23,24). The molecule has 1 amide bonds. The first-order valence-electron chi connectivity index (χ1n) is 8.91. The van der Waals surface area contributed by atoms with Crippen molar-refractivity contribution < 1.29 is 9.53 Å². The number of rotatable bonds is 6.